The molecule has 0 aromatic heterocycles. The summed E-state index contributed by atoms with van der Waals surface area (Å²) in [7, 11) is 0. The number of para-hydroxylation sites is 1. The molecule has 2 aromatic carbocycles. The van der Waals surface area contributed by atoms with Gasteiger partial charge in [0, 0.05) is 15.6 Å². The standard InChI is InChI=1S/C17H15BrN2O2/c1-2-11-22-16-6-4-3-5-14(16)12-19-20-17(21)13-7-9-15(18)10-8-13/h2-10,12H,1,11H2,(H,20,21)/b19-12+. The van der Waals surface area contributed by atoms with Gasteiger partial charge in [-0.05, 0) is 36.4 Å². The Bertz CT molecular complexity index is 681. The molecular formula is C17H15BrN2O2. The summed E-state index contributed by atoms with van der Waals surface area (Å²) in [5, 5.41) is 3.97. The molecule has 0 saturated heterocycles. The molecular weight excluding hydrogens is 344 g/mol. The Hall–Kier alpha value is -2.40. The van der Waals surface area contributed by atoms with Crippen LogP contribution in [0.1, 0.15) is 15.9 Å². The summed E-state index contributed by atoms with van der Waals surface area (Å²) in [5.74, 6) is 0.414. The molecule has 4 nitrogen and oxygen atoms in total. The van der Waals surface area contributed by atoms with Gasteiger partial charge < -0.3 is 4.74 Å². The number of nitrogens with zero attached hydrogens (tertiary/aromatic N) is 1. The Kier molecular flexibility index (Phi) is 5.91. The highest BCUT2D eigenvalue weighted by Crippen LogP contribution is 2.15. The summed E-state index contributed by atoms with van der Waals surface area (Å²) in [6, 6.07) is 14.5. The SMILES string of the molecule is C=CCOc1ccccc1/C=N/NC(=O)c1ccc(Br)cc1. The van der Waals surface area contributed by atoms with E-state index in [9.17, 15) is 4.79 Å². The second kappa shape index (κ2) is 8.14. The van der Waals surface area contributed by atoms with Crippen molar-refractivity contribution in [1.29, 1.82) is 0 Å². The third-order valence-corrected chi connectivity index (χ3v) is 3.28. The number of carbonyl (C=O) groups is 1. The van der Waals surface area contributed by atoms with Gasteiger partial charge in [-0.15, -0.1) is 0 Å². The van der Waals surface area contributed by atoms with Gasteiger partial charge in [-0.3, -0.25) is 4.79 Å². The number of hydrogen-bond donors (Lipinski definition) is 1. The molecule has 0 saturated carbocycles. The van der Waals surface area contributed by atoms with Crippen LogP contribution >= 0.6 is 15.9 Å². The molecule has 0 aliphatic carbocycles. The van der Waals surface area contributed by atoms with Crippen LogP contribution in [0.15, 0.2) is 70.8 Å². The molecule has 112 valence electrons. The average Bonchev–Trinajstić information content (AvgIpc) is 2.54. The molecule has 0 aliphatic rings. The van der Waals surface area contributed by atoms with Crippen LogP contribution in [-0.4, -0.2) is 18.7 Å². The first-order chi connectivity index (χ1) is 10.7. The highest BCUT2D eigenvalue weighted by molar-refractivity contribution is 9.10. The Balaban J connectivity index is 2.01. The highest BCUT2D eigenvalue weighted by Gasteiger charge is 2.04. The lowest BCUT2D eigenvalue weighted by Crippen LogP contribution is -2.17. The van der Waals surface area contributed by atoms with E-state index >= 15 is 0 Å². The molecule has 1 amide bonds. The third-order valence-electron chi connectivity index (χ3n) is 2.75. The van der Waals surface area contributed by atoms with Crippen LogP contribution in [0, 0.1) is 0 Å². The van der Waals surface area contributed by atoms with E-state index in [1.807, 2.05) is 24.3 Å². The lowest BCUT2D eigenvalue weighted by atomic mass is 10.2. The maximum Gasteiger partial charge on any atom is 0.271 e. The molecule has 1 N–H and O–H groups in total. The molecule has 2 aromatic rings. The topological polar surface area (TPSA) is 50.7 Å². The van der Waals surface area contributed by atoms with Gasteiger partial charge in [0.15, 0.2) is 0 Å². The van der Waals surface area contributed by atoms with Gasteiger partial charge in [-0.25, -0.2) is 5.43 Å². The Labute approximate surface area is 137 Å². The first-order valence-corrected chi connectivity index (χ1v) is 7.41. The number of carbonyl (C=O) groups excluding carboxylic acids is 1. The van der Waals surface area contributed by atoms with Crippen molar-refractivity contribution in [3.05, 3.63) is 76.8 Å². The van der Waals surface area contributed by atoms with Crippen molar-refractivity contribution >= 4 is 28.1 Å². The lowest BCUT2D eigenvalue weighted by Gasteiger charge is -2.06. The Morgan fingerprint density at radius 3 is 2.68 bits per heavy atom. The summed E-state index contributed by atoms with van der Waals surface area (Å²) in [6.07, 6.45) is 3.22. The number of hydrazone groups is 1. The first kappa shape index (κ1) is 16.0. The van der Waals surface area contributed by atoms with Crippen molar-refractivity contribution in [2.45, 2.75) is 0 Å². The summed E-state index contributed by atoms with van der Waals surface area (Å²) in [6.45, 7) is 4.02. The van der Waals surface area contributed by atoms with E-state index in [2.05, 4.69) is 33.0 Å². The number of benzene rings is 2. The number of rotatable bonds is 6. The van der Waals surface area contributed by atoms with Crippen molar-refractivity contribution in [2.75, 3.05) is 6.61 Å². The van der Waals surface area contributed by atoms with Crippen molar-refractivity contribution in [3.8, 4) is 5.75 Å². The van der Waals surface area contributed by atoms with E-state index in [4.69, 9.17) is 4.74 Å². The minimum Gasteiger partial charge on any atom is -0.489 e. The summed E-state index contributed by atoms with van der Waals surface area (Å²) >= 11 is 3.32. The second-order valence-corrected chi connectivity index (χ2v) is 5.26. The minimum atomic E-state index is -0.270. The molecule has 0 bridgehead atoms. The largest absolute Gasteiger partial charge is 0.489 e. The van der Waals surface area contributed by atoms with E-state index in [0.29, 0.717) is 17.9 Å². The molecule has 0 unspecified atom stereocenters. The normalized spacial score (nSPS) is 10.4. The predicted octanol–water partition coefficient (Wildman–Crippen LogP) is 3.78. The van der Waals surface area contributed by atoms with E-state index in [-0.39, 0.29) is 5.91 Å². The van der Waals surface area contributed by atoms with Crippen LogP contribution in [0.5, 0.6) is 5.75 Å². The number of hydrogen-bond acceptors (Lipinski definition) is 3. The van der Waals surface area contributed by atoms with Crippen LogP contribution in [-0.2, 0) is 0 Å². The molecule has 0 atom stereocenters. The third kappa shape index (κ3) is 4.56. The lowest BCUT2D eigenvalue weighted by molar-refractivity contribution is 0.0955. The monoisotopic (exact) mass is 358 g/mol. The molecule has 0 spiro atoms. The van der Waals surface area contributed by atoms with Crippen LogP contribution in [0.4, 0.5) is 0 Å². The van der Waals surface area contributed by atoms with Crippen LogP contribution < -0.4 is 10.2 Å². The van der Waals surface area contributed by atoms with E-state index in [1.165, 1.54) is 0 Å². The summed E-state index contributed by atoms with van der Waals surface area (Å²) in [4.78, 5) is 11.9. The fourth-order valence-electron chi connectivity index (χ4n) is 1.69. The van der Waals surface area contributed by atoms with Gasteiger partial charge >= 0.3 is 0 Å². The smallest absolute Gasteiger partial charge is 0.271 e. The van der Waals surface area contributed by atoms with Crippen molar-refractivity contribution < 1.29 is 9.53 Å². The predicted molar refractivity (Wildman–Crippen MR) is 91.3 cm³/mol. The van der Waals surface area contributed by atoms with Gasteiger partial charge in [-0.2, -0.15) is 5.10 Å². The summed E-state index contributed by atoms with van der Waals surface area (Å²) < 4.78 is 6.43. The van der Waals surface area contributed by atoms with Gasteiger partial charge in [0.25, 0.3) is 5.91 Å². The molecule has 0 fully saturated rings. The molecule has 0 heterocycles. The number of halogens is 1. The van der Waals surface area contributed by atoms with E-state index in [1.54, 1.807) is 36.6 Å². The molecule has 0 radical (unpaired) electrons. The minimum absolute atomic E-state index is 0.270. The Morgan fingerprint density at radius 1 is 1.23 bits per heavy atom. The fourth-order valence-corrected chi connectivity index (χ4v) is 1.96. The van der Waals surface area contributed by atoms with Crippen LogP contribution in [0.25, 0.3) is 0 Å². The number of ether oxygens (including phenoxy) is 1. The van der Waals surface area contributed by atoms with Gasteiger partial charge in [0.05, 0.1) is 6.21 Å². The van der Waals surface area contributed by atoms with Gasteiger partial charge in [0.1, 0.15) is 12.4 Å². The zero-order valence-electron chi connectivity index (χ0n) is 11.8. The summed E-state index contributed by atoms with van der Waals surface area (Å²) in [5.41, 5.74) is 3.81. The number of amides is 1. The van der Waals surface area contributed by atoms with Gasteiger partial charge in [0.2, 0.25) is 0 Å². The first-order valence-electron chi connectivity index (χ1n) is 6.62. The maximum atomic E-state index is 11.9. The molecule has 5 heteroatoms. The average molecular weight is 359 g/mol. The van der Waals surface area contributed by atoms with Crippen molar-refractivity contribution in [1.82, 2.24) is 5.43 Å². The Morgan fingerprint density at radius 2 is 1.95 bits per heavy atom. The second-order valence-electron chi connectivity index (χ2n) is 4.34. The van der Waals surface area contributed by atoms with Crippen molar-refractivity contribution in [3.63, 3.8) is 0 Å². The van der Waals surface area contributed by atoms with Gasteiger partial charge in [-0.1, -0.05) is 40.7 Å². The molecule has 22 heavy (non-hydrogen) atoms. The maximum absolute atomic E-state index is 11.9. The van der Waals surface area contributed by atoms with Crippen molar-refractivity contribution in [2.24, 2.45) is 5.10 Å². The highest BCUT2D eigenvalue weighted by atomic mass is 79.9. The van der Waals surface area contributed by atoms with E-state index < -0.39 is 0 Å². The quantitative estimate of drug-likeness (QED) is 0.485. The van der Waals surface area contributed by atoms with E-state index in [0.717, 1.165) is 10.0 Å². The zero-order chi connectivity index (χ0) is 15.8. The fraction of sp³-hybridized carbons (Fsp3) is 0.0588. The van der Waals surface area contributed by atoms with Crippen LogP contribution in [0.3, 0.4) is 0 Å². The number of nitrogens with one attached hydrogen (secondary N) is 1. The molecule has 0 aliphatic heterocycles. The zero-order valence-corrected chi connectivity index (χ0v) is 13.4. The molecule has 2 rings (SSSR count). The van der Waals surface area contributed by atoms with Crippen LogP contribution in [0.2, 0.25) is 0 Å².